The molecule has 1 N–H and O–H groups in total. The van der Waals surface area contributed by atoms with E-state index in [4.69, 9.17) is 4.74 Å². The molecule has 2 aromatic carbocycles. The molecule has 1 saturated heterocycles. The van der Waals surface area contributed by atoms with Crippen LogP contribution in [-0.2, 0) is 9.59 Å². The summed E-state index contributed by atoms with van der Waals surface area (Å²) in [5, 5.41) is 4.13. The quantitative estimate of drug-likeness (QED) is 0.479. The summed E-state index contributed by atoms with van der Waals surface area (Å²) in [4.78, 5) is 39.2. The van der Waals surface area contributed by atoms with E-state index >= 15 is 0 Å². The Bertz CT molecular complexity index is 1030. The average Bonchev–Trinajstić information content (AvgIpc) is 3.24. The molecule has 0 aromatic heterocycles. The number of carbonyl (C=O) groups excluding carboxylic acids is 3. The van der Waals surface area contributed by atoms with Crippen molar-refractivity contribution < 1.29 is 19.1 Å². The van der Waals surface area contributed by atoms with Gasteiger partial charge in [0.1, 0.15) is 17.9 Å². The molecule has 2 aliphatic rings. The van der Waals surface area contributed by atoms with Crippen LogP contribution in [0.4, 0.5) is 4.79 Å². The number of nitrogens with one attached hydrogen (secondary N) is 1. The summed E-state index contributed by atoms with van der Waals surface area (Å²) in [5.41, 5.74) is 0.570. The maximum atomic E-state index is 13.1. The van der Waals surface area contributed by atoms with Gasteiger partial charge in [-0.3, -0.25) is 19.8 Å². The van der Waals surface area contributed by atoms with Gasteiger partial charge in [-0.15, -0.1) is 0 Å². The molecule has 1 aliphatic heterocycles. The van der Waals surface area contributed by atoms with Crippen molar-refractivity contribution in [2.75, 3.05) is 6.61 Å². The molecule has 4 amide bonds. The van der Waals surface area contributed by atoms with E-state index in [1.807, 2.05) is 36.4 Å². The minimum atomic E-state index is -0.683. The molecule has 148 valence electrons. The van der Waals surface area contributed by atoms with Crippen LogP contribution in [0.2, 0.25) is 0 Å². The molecule has 6 heteroatoms. The van der Waals surface area contributed by atoms with Crippen molar-refractivity contribution in [3.63, 3.8) is 0 Å². The van der Waals surface area contributed by atoms with Crippen LogP contribution in [0.15, 0.2) is 54.6 Å². The minimum absolute atomic E-state index is 0.0590. The van der Waals surface area contributed by atoms with Crippen LogP contribution in [0.5, 0.6) is 5.75 Å². The molecular weight excluding hydrogens is 368 g/mol. The van der Waals surface area contributed by atoms with Crippen LogP contribution >= 0.6 is 0 Å². The molecule has 0 unspecified atom stereocenters. The first-order chi connectivity index (χ1) is 14.1. The maximum Gasteiger partial charge on any atom is 0.331 e. The van der Waals surface area contributed by atoms with E-state index in [1.165, 1.54) is 11.0 Å². The summed E-state index contributed by atoms with van der Waals surface area (Å²) in [6.45, 7) is 3.96. The van der Waals surface area contributed by atoms with Gasteiger partial charge in [0.2, 0.25) is 0 Å². The maximum absolute atomic E-state index is 13.1. The van der Waals surface area contributed by atoms with Crippen molar-refractivity contribution in [3.05, 3.63) is 60.2 Å². The van der Waals surface area contributed by atoms with E-state index in [0.29, 0.717) is 17.9 Å². The van der Waals surface area contributed by atoms with E-state index < -0.39 is 17.8 Å². The van der Waals surface area contributed by atoms with E-state index in [2.05, 4.69) is 11.9 Å². The highest BCUT2D eigenvalue weighted by molar-refractivity contribution is 6.31. The van der Waals surface area contributed by atoms with E-state index in [9.17, 15) is 14.4 Å². The number of amides is 4. The zero-order valence-corrected chi connectivity index (χ0v) is 16.0. The number of fused-ring (bicyclic) bond motifs is 1. The van der Waals surface area contributed by atoms with Crippen LogP contribution in [0.25, 0.3) is 16.8 Å². The molecule has 0 spiro atoms. The van der Waals surface area contributed by atoms with E-state index in [0.717, 1.165) is 36.5 Å². The molecule has 6 nitrogen and oxygen atoms in total. The number of imide groups is 2. The van der Waals surface area contributed by atoms with Crippen molar-refractivity contribution in [2.45, 2.75) is 31.7 Å². The number of hydrogen-bond donors (Lipinski definition) is 1. The lowest BCUT2D eigenvalue weighted by atomic mass is 9.99. The number of hydrogen-bond acceptors (Lipinski definition) is 4. The number of carbonyl (C=O) groups is 3. The monoisotopic (exact) mass is 390 g/mol. The SMILES string of the molecule is C=CCOc1ccc2ccccc2c1/C=C1\C(=O)NC(=O)N(C2CCCC2)C1=O. The second-order valence-corrected chi connectivity index (χ2v) is 7.23. The standard InChI is InChI=1S/C23H22N2O4/c1-2-13-29-20-12-11-15-7-3-6-10-17(15)18(20)14-19-21(26)24-23(28)25(22(19)27)16-8-4-5-9-16/h2-3,6-7,10-12,14,16H,1,4-5,8-9,13H2,(H,24,26,28)/b19-14+. The predicted molar refractivity (Wildman–Crippen MR) is 110 cm³/mol. The highest BCUT2D eigenvalue weighted by Gasteiger charge is 2.40. The summed E-state index contributed by atoms with van der Waals surface area (Å²) in [6.07, 6.45) is 6.64. The van der Waals surface area contributed by atoms with E-state index in [1.54, 1.807) is 6.08 Å². The highest BCUT2D eigenvalue weighted by Crippen LogP contribution is 2.32. The average molecular weight is 390 g/mol. The third-order valence-electron chi connectivity index (χ3n) is 5.40. The highest BCUT2D eigenvalue weighted by atomic mass is 16.5. The van der Waals surface area contributed by atoms with Crippen LogP contribution in [0.1, 0.15) is 31.2 Å². The summed E-state index contributed by atoms with van der Waals surface area (Å²) < 4.78 is 5.77. The normalized spacial score (nSPS) is 19.1. The summed E-state index contributed by atoms with van der Waals surface area (Å²) >= 11 is 0. The Labute approximate surface area is 168 Å². The van der Waals surface area contributed by atoms with Gasteiger partial charge in [-0.2, -0.15) is 0 Å². The zero-order valence-electron chi connectivity index (χ0n) is 16.0. The summed E-state index contributed by atoms with van der Waals surface area (Å²) in [7, 11) is 0. The van der Waals surface area contributed by atoms with Crippen molar-refractivity contribution in [3.8, 4) is 5.75 Å². The smallest absolute Gasteiger partial charge is 0.331 e. The van der Waals surface area contributed by atoms with Crippen LogP contribution in [0, 0.1) is 0 Å². The molecule has 2 aromatic rings. The number of rotatable bonds is 5. The van der Waals surface area contributed by atoms with Crippen LogP contribution in [-0.4, -0.2) is 35.4 Å². The minimum Gasteiger partial charge on any atom is -0.489 e. The third-order valence-corrected chi connectivity index (χ3v) is 5.40. The van der Waals surface area contributed by atoms with Gasteiger partial charge in [0, 0.05) is 11.6 Å². The number of ether oxygens (including phenoxy) is 1. The van der Waals surface area contributed by atoms with Gasteiger partial charge < -0.3 is 4.74 Å². The predicted octanol–water partition coefficient (Wildman–Crippen LogP) is 3.81. The third kappa shape index (κ3) is 3.53. The van der Waals surface area contributed by atoms with Gasteiger partial charge in [-0.25, -0.2) is 4.79 Å². The molecule has 1 saturated carbocycles. The lowest BCUT2D eigenvalue weighted by Gasteiger charge is -2.31. The fraction of sp³-hybridized carbons (Fsp3) is 0.261. The van der Waals surface area contributed by atoms with Gasteiger partial charge in [0.05, 0.1) is 0 Å². The van der Waals surface area contributed by atoms with Gasteiger partial charge in [0.25, 0.3) is 11.8 Å². The number of barbiturate groups is 1. The molecule has 29 heavy (non-hydrogen) atoms. The van der Waals surface area contributed by atoms with E-state index in [-0.39, 0.29) is 11.6 Å². The van der Waals surface area contributed by atoms with Crippen LogP contribution < -0.4 is 10.1 Å². The Morgan fingerprint density at radius 1 is 1.10 bits per heavy atom. The van der Waals surface area contributed by atoms with Gasteiger partial charge in [-0.05, 0) is 35.8 Å². The Morgan fingerprint density at radius 2 is 1.86 bits per heavy atom. The number of nitrogens with zero attached hydrogens (tertiary/aromatic N) is 1. The van der Waals surface area contributed by atoms with Crippen molar-refractivity contribution in [2.24, 2.45) is 0 Å². The first kappa shape index (κ1) is 18.9. The summed E-state index contributed by atoms with van der Waals surface area (Å²) in [5.74, 6) is -0.689. The molecule has 0 radical (unpaired) electrons. The van der Waals surface area contributed by atoms with Gasteiger partial charge in [-0.1, -0.05) is 55.8 Å². The molecule has 1 heterocycles. The van der Waals surface area contributed by atoms with Gasteiger partial charge in [0.15, 0.2) is 0 Å². The lowest BCUT2D eigenvalue weighted by Crippen LogP contribution is -2.57. The molecule has 4 rings (SSSR count). The number of benzene rings is 2. The Balaban J connectivity index is 1.82. The first-order valence-electron chi connectivity index (χ1n) is 9.76. The fourth-order valence-electron chi connectivity index (χ4n) is 4.01. The number of urea groups is 1. The second-order valence-electron chi connectivity index (χ2n) is 7.23. The zero-order chi connectivity index (χ0) is 20.4. The Morgan fingerprint density at radius 3 is 2.62 bits per heavy atom. The van der Waals surface area contributed by atoms with Crippen LogP contribution in [0.3, 0.4) is 0 Å². The lowest BCUT2D eigenvalue weighted by molar-refractivity contribution is -0.131. The molecule has 0 atom stereocenters. The first-order valence-corrected chi connectivity index (χ1v) is 9.76. The second kappa shape index (κ2) is 7.91. The fourth-order valence-corrected chi connectivity index (χ4v) is 4.01. The molecular formula is C23H22N2O4. The molecule has 1 aliphatic carbocycles. The largest absolute Gasteiger partial charge is 0.489 e. The van der Waals surface area contributed by atoms with Gasteiger partial charge >= 0.3 is 6.03 Å². The molecule has 2 fully saturated rings. The summed E-state index contributed by atoms with van der Waals surface area (Å²) in [6, 6.07) is 10.6. The van der Waals surface area contributed by atoms with Crippen molar-refractivity contribution in [1.82, 2.24) is 10.2 Å². The van der Waals surface area contributed by atoms with Crippen molar-refractivity contribution >= 4 is 34.7 Å². The Kier molecular flexibility index (Phi) is 5.16. The van der Waals surface area contributed by atoms with Crippen molar-refractivity contribution in [1.29, 1.82) is 0 Å². The topological polar surface area (TPSA) is 75.7 Å². The molecule has 0 bridgehead atoms. The Hall–Kier alpha value is -3.41.